The van der Waals surface area contributed by atoms with Gasteiger partial charge in [0, 0.05) is 0 Å². The van der Waals surface area contributed by atoms with E-state index in [-0.39, 0.29) is 13.2 Å². The molecule has 0 heterocycles. The van der Waals surface area contributed by atoms with Crippen LogP contribution >= 0.6 is 0 Å². The van der Waals surface area contributed by atoms with Crippen LogP contribution in [0.15, 0.2) is 24.3 Å². The van der Waals surface area contributed by atoms with Crippen LogP contribution in [0.3, 0.4) is 0 Å². The molecule has 0 aliphatic carbocycles. The van der Waals surface area contributed by atoms with Crippen molar-refractivity contribution in [3.05, 3.63) is 45.5 Å². The summed E-state index contributed by atoms with van der Waals surface area (Å²) < 4.78 is 4.57. The van der Waals surface area contributed by atoms with Gasteiger partial charge in [-0.05, 0) is 11.1 Å². The summed E-state index contributed by atoms with van der Waals surface area (Å²) >= 11 is 0. The van der Waals surface area contributed by atoms with Crippen molar-refractivity contribution in [3.63, 3.8) is 0 Å². The van der Waals surface area contributed by atoms with E-state index in [1.54, 1.807) is 24.3 Å². The molecule has 7 heteroatoms. The molecule has 0 saturated carbocycles. The Morgan fingerprint density at radius 1 is 1.25 bits per heavy atom. The Labute approximate surface area is 90.9 Å². The second-order valence-corrected chi connectivity index (χ2v) is 2.92. The molecular weight excluding hydrogens is 216 g/mol. The summed E-state index contributed by atoms with van der Waals surface area (Å²) in [5.74, 6) is 0. The van der Waals surface area contributed by atoms with E-state index in [4.69, 9.17) is 5.73 Å². The third-order valence-electron chi connectivity index (χ3n) is 1.74. The van der Waals surface area contributed by atoms with Gasteiger partial charge in [0.25, 0.3) is 5.09 Å². The van der Waals surface area contributed by atoms with Crippen molar-refractivity contribution in [2.75, 3.05) is 0 Å². The zero-order valence-electron chi connectivity index (χ0n) is 8.29. The highest BCUT2D eigenvalue weighted by molar-refractivity contribution is 5.64. The van der Waals surface area contributed by atoms with E-state index in [1.165, 1.54) is 0 Å². The fraction of sp³-hybridized carbons (Fsp3) is 0.222. The van der Waals surface area contributed by atoms with E-state index in [1.807, 2.05) is 0 Å². The van der Waals surface area contributed by atoms with Crippen molar-refractivity contribution in [2.45, 2.75) is 13.2 Å². The van der Waals surface area contributed by atoms with Crippen molar-refractivity contribution in [1.29, 1.82) is 0 Å². The van der Waals surface area contributed by atoms with Crippen molar-refractivity contribution < 1.29 is 19.5 Å². The highest BCUT2D eigenvalue weighted by Gasteiger charge is 2.00. The number of rotatable bonds is 5. The van der Waals surface area contributed by atoms with Gasteiger partial charge in [0.2, 0.25) is 0 Å². The maximum atomic E-state index is 10.3. The number of carbonyl (C=O) groups is 1. The maximum absolute atomic E-state index is 10.3. The number of ether oxygens (including phenoxy) is 1. The fourth-order valence-electron chi connectivity index (χ4n) is 1.01. The molecule has 0 unspecified atom stereocenters. The lowest BCUT2D eigenvalue weighted by Gasteiger charge is -2.03. The molecule has 0 radical (unpaired) electrons. The fourth-order valence-corrected chi connectivity index (χ4v) is 1.01. The maximum Gasteiger partial charge on any atom is 0.404 e. The third-order valence-corrected chi connectivity index (χ3v) is 1.74. The van der Waals surface area contributed by atoms with Gasteiger partial charge < -0.3 is 15.3 Å². The summed E-state index contributed by atoms with van der Waals surface area (Å²) in [5.41, 5.74) is 6.19. The van der Waals surface area contributed by atoms with Gasteiger partial charge >= 0.3 is 6.09 Å². The minimum absolute atomic E-state index is 0.0751. The largest absolute Gasteiger partial charge is 0.445 e. The average molecular weight is 226 g/mol. The molecule has 0 bridgehead atoms. The molecule has 0 atom stereocenters. The lowest BCUT2D eigenvalue weighted by Crippen LogP contribution is -2.12. The molecule has 16 heavy (non-hydrogen) atoms. The first-order chi connectivity index (χ1) is 7.58. The van der Waals surface area contributed by atoms with Crippen LogP contribution in [0.2, 0.25) is 0 Å². The molecule has 1 aromatic rings. The van der Waals surface area contributed by atoms with Gasteiger partial charge in [-0.3, -0.25) is 0 Å². The topological polar surface area (TPSA) is 105 Å². The van der Waals surface area contributed by atoms with Gasteiger partial charge in [0.1, 0.15) is 13.2 Å². The van der Waals surface area contributed by atoms with Gasteiger partial charge in [-0.25, -0.2) is 4.79 Å². The predicted molar refractivity (Wildman–Crippen MR) is 52.6 cm³/mol. The monoisotopic (exact) mass is 226 g/mol. The molecule has 7 nitrogen and oxygen atoms in total. The van der Waals surface area contributed by atoms with Crippen molar-refractivity contribution in [1.82, 2.24) is 0 Å². The van der Waals surface area contributed by atoms with Crippen LogP contribution < -0.4 is 5.73 Å². The molecule has 0 saturated heterocycles. The number of hydrogen-bond donors (Lipinski definition) is 1. The zero-order chi connectivity index (χ0) is 12.0. The second-order valence-electron chi connectivity index (χ2n) is 2.92. The zero-order valence-corrected chi connectivity index (χ0v) is 8.29. The lowest BCUT2D eigenvalue weighted by molar-refractivity contribution is -0.763. The molecule has 2 N–H and O–H groups in total. The molecule has 0 aliphatic rings. The van der Waals surface area contributed by atoms with E-state index in [9.17, 15) is 14.9 Å². The van der Waals surface area contributed by atoms with Crippen LogP contribution in [0.4, 0.5) is 4.79 Å². The SMILES string of the molecule is NC(=O)OCc1ccc(CO[N+](=O)[O-])cc1. The Bertz CT molecular complexity index is 339. The molecule has 0 aliphatic heterocycles. The van der Waals surface area contributed by atoms with E-state index in [2.05, 4.69) is 9.57 Å². The Kier molecular flexibility index (Phi) is 4.07. The molecule has 1 aromatic carbocycles. The second kappa shape index (κ2) is 5.54. The lowest BCUT2D eigenvalue weighted by atomic mass is 10.1. The molecule has 1 rings (SSSR count). The number of carbonyl (C=O) groups excluding carboxylic acids is 1. The number of primary amides is 1. The van der Waals surface area contributed by atoms with Crippen LogP contribution in [0.1, 0.15) is 11.1 Å². The number of amides is 1. The van der Waals surface area contributed by atoms with Crippen molar-refractivity contribution in [3.8, 4) is 0 Å². The first-order valence-electron chi connectivity index (χ1n) is 4.35. The van der Waals surface area contributed by atoms with Gasteiger partial charge in [0.05, 0.1) is 0 Å². The quantitative estimate of drug-likeness (QED) is 0.595. The number of nitrogens with zero attached hydrogens (tertiary/aromatic N) is 1. The van der Waals surface area contributed by atoms with Crippen molar-refractivity contribution in [2.24, 2.45) is 5.73 Å². The van der Waals surface area contributed by atoms with E-state index in [0.29, 0.717) is 5.56 Å². The van der Waals surface area contributed by atoms with Gasteiger partial charge in [-0.1, -0.05) is 24.3 Å². The highest BCUT2D eigenvalue weighted by Crippen LogP contribution is 2.07. The molecule has 86 valence electrons. The van der Waals surface area contributed by atoms with E-state index in [0.717, 1.165) is 5.56 Å². The minimum Gasteiger partial charge on any atom is -0.445 e. The molecule has 0 aromatic heterocycles. The van der Waals surface area contributed by atoms with Gasteiger partial charge in [-0.15, -0.1) is 10.1 Å². The molecule has 0 spiro atoms. The summed E-state index contributed by atoms with van der Waals surface area (Å²) in [6.07, 6.45) is -0.847. The standard InChI is InChI=1S/C9H10N2O5/c10-9(12)15-5-7-1-3-8(4-2-7)6-16-11(13)14/h1-4H,5-6H2,(H2,10,12). The van der Waals surface area contributed by atoms with Crippen LogP contribution in [0, 0.1) is 10.1 Å². The number of benzene rings is 1. The number of nitrogens with two attached hydrogens (primary N) is 1. The Balaban J connectivity index is 2.47. The van der Waals surface area contributed by atoms with Gasteiger partial charge in [-0.2, -0.15) is 0 Å². The van der Waals surface area contributed by atoms with Gasteiger partial charge in [0.15, 0.2) is 0 Å². The van der Waals surface area contributed by atoms with Crippen LogP contribution in [0.5, 0.6) is 0 Å². The predicted octanol–water partition coefficient (Wildman–Crippen LogP) is 0.990. The van der Waals surface area contributed by atoms with Crippen LogP contribution in [0.25, 0.3) is 0 Å². The summed E-state index contributed by atoms with van der Waals surface area (Å²) in [4.78, 5) is 24.4. The minimum atomic E-state index is -0.857. The molecular formula is C9H10N2O5. The average Bonchev–Trinajstić information content (AvgIpc) is 2.25. The van der Waals surface area contributed by atoms with Crippen LogP contribution in [-0.4, -0.2) is 11.2 Å². The summed E-state index contributed by atoms with van der Waals surface area (Å²) in [6, 6.07) is 6.62. The summed E-state index contributed by atoms with van der Waals surface area (Å²) in [5, 5.41) is 9.07. The van der Waals surface area contributed by atoms with Crippen LogP contribution in [-0.2, 0) is 22.8 Å². The normalized spacial score (nSPS) is 9.50. The first kappa shape index (κ1) is 11.8. The smallest absolute Gasteiger partial charge is 0.404 e. The third kappa shape index (κ3) is 4.27. The van der Waals surface area contributed by atoms with E-state index >= 15 is 0 Å². The van der Waals surface area contributed by atoms with E-state index < -0.39 is 11.2 Å². The Morgan fingerprint density at radius 3 is 2.19 bits per heavy atom. The Hall–Kier alpha value is -2.31. The van der Waals surface area contributed by atoms with Crippen molar-refractivity contribution >= 4 is 6.09 Å². The molecule has 1 amide bonds. The summed E-state index contributed by atoms with van der Waals surface area (Å²) in [7, 11) is 0. The molecule has 0 fully saturated rings. The first-order valence-corrected chi connectivity index (χ1v) is 4.35. The summed E-state index contributed by atoms with van der Waals surface area (Å²) in [6.45, 7) is -0.0321. The highest BCUT2D eigenvalue weighted by atomic mass is 16.9. The number of hydrogen-bond acceptors (Lipinski definition) is 5. The Morgan fingerprint density at radius 2 is 1.75 bits per heavy atom.